The smallest absolute Gasteiger partial charge is 0.339 e. The van der Waals surface area contributed by atoms with E-state index in [4.69, 9.17) is 1.37 Å². The molecule has 0 aromatic heterocycles. The van der Waals surface area contributed by atoms with Gasteiger partial charge in [0.1, 0.15) is 0 Å². The number of rotatable bonds is 2. The van der Waals surface area contributed by atoms with Crippen molar-refractivity contribution in [2.75, 3.05) is 7.11 Å². The molecule has 0 spiro atoms. The lowest BCUT2D eigenvalue weighted by molar-refractivity contribution is -0.150. The Kier molecular flexibility index (Phi) is 2.36. The van der Waals surface area contributed by atoms with Gasteiger partial charge < -0.3 is 9.84 Å². The molecule has 0 fully saturated rings. The van der Waals surface area contributed by atoms with Crippen LogP contribution in [-0.4, -0.2) is 18.2 Å². The maximum atomic E-state index is 11.0. The van der Waals surface area contributed by atoms with Gasteiger partial charge in [-0.05, 0) is 5.56 Å². The summed E-state index contributed by atoms with van der Waals surface area (Å²) in [4.78, 5) is 11.0. The van der Waals surface area contributed by atoms with E-state index >= 15 is 0 Å². The molecule has 1 atom stereocenters. The Morgan fingerprint density at radius 2 is 2.17 bits per heavy atom. The highest BCUT2D eigenvalue weighted by Crippen LogP contribution is 2.12. The van der Waals surface area contributed by atoms with Gasteiger partial charge in [-0.15, -0.1) is 0 Å². The molecule has 0 amide bonds. The zero-order valence-corrected chi connectivity index (χ0v) is 6.65. The van der Waals surface area contributed by atoms with Crippen LogP contribution in [0.4, 0.5) is 0 Å². The van der Waals surface area contributed by atoms with Gasteiger partial charge in [-0.2, -0.15) is 0 Å². The fourth-order valence-electron chi connectivity index (χ4n) is 0.811. The third kappa shape index (κ3) is 1.83. The van der Waals surface area contributed by atoms with Crippen LogP contribution >= 0.6 is 0 Å². The third-order valence-corrected chi connectivity index (χ3v) is 1.43. The summed E-state index contributed by atoms with van der Waals surface area (Å²) in [6, 6.07) is 7.99. The normalized spacial score (nSPS) is 16.0. The first-order valence-electron chi connectivity index (χ1n) is 3.95. The molecule has 1 rings (SSSR count). The zero-order chi connectivity index (χ0) is 9.90. The summed E-state index contributed by atoms with van der Waals surface area (Å²) in [5.74, 6) is -0.987. The molecule has 1 aromatic carbocycles. The van der Waals surface area contributed by atoms with E-state index in [1.165, 1.54) is 12.1 Å². The van der Waals surface area contributed by atoms with Crippen LogP contribution in [0.3, 0.4) is 0 Å². The number of ether oxygens (including phenoxy) is 1. The maximum absolute atomic E-state index is 11.0. The Morgan fingerprint density at radius 3 is 2.67 bits per heavy atom. The van der Waals surface area contributed by atoms with Crippen LogP contribution in [0.15, 0.2) is 30.3 Å². The molecule has 0 saturated heterocycles. The number of carbonyl (C=O) groups excluding carboxylic acids is 1. The molecule has 1 aromatic rings. The molecule has 0 bridgehead atoms. The Labute approximate surface area is 72.0 Å². The van der Waals surface area contributed by atoms with E-state index in [-0.39, 0.29) is 5.56 Å². The number of methoxy groups -OCH3 is 1. The SMILES string of the molecule is [2H]C(O)(C(=O)OC)c1ccccc1. The lowest BCUT2D eigenvalue weighted by Crippen LogP contribution is -2.13. The summed E-state index contributed by atoms with van der Waals surface area (Å²) >= 11 is 0. The van der Waals surface area contributed by atoms with Crippen molar-refractivity contribution in [2.24, 2.45) is 0 Å². The minimum Gasteiger partial charge on any atom is -0.467 e. The molecular formula is C9H10O3. The van der Waals surface area contributed by atoms with E-state index in [0.717, 1.165) is 7.11 Å². The first-order valence-corrected chi connectivity index (χ1v) is 3.45. The highest BCUT2D eigenvalue weighted by atomic mass is 16.5. The first-order chi connectivity index (χ1) is 6.09. The third-order valence-electron chi connectivity index (χ3n) is 1.43. The van der Waals surface area contributed by atoms with Gasteiger partial charge >= 0.3 is 5.97 Å². The van der Waals surface area contributed by atoms with E-state index in [1.54, 1.807) is 18.2 Å². The van der Waals surface area contributed by atoms with Crippen LogP contribution in [0.25, 0.3) is 0 Å². The predicted molar refractivity (Wildman–Crippen MR) is 43.4 cm³/mol. The molecule has 0 aliphatic carbocycles. The Balaban J connectivity index is 3.00. The minimum absolute atomic E-state index is 0.196. The van der Waals surface area contributed by atoms with Crippen molar-refractivity contribution < 1.29 is 16.0 Å². The quantitative estimate of drug-likeness (QED) is 0.665. The van der Waals surface area contributed by atoms with Crippen molar-refractivity contribution in [3.63, 3.8) is 0 Å². The van der Waals surface area contributed by atoms with Gasteiger partial charge in [-0.3, -0.25) is 0 Å². The molecule has 0 aliphatic rings. The molecule has 0 saturated carbocycles. The van der Waals surface area contributed by atoms with Gasteiger partial charge in [0.15, 0.2) is 6.08 Å². The number of esters is 1. The van der Waals surface area contributed by atoms with Crippen molar-refractivity contribution in [3.05, 3.63) is 35.9 Å². The second-order valence-corrected chi connectivity index (χ2v) is 2.21. The molecule has 0 radical (unpaired) electrons. The van der Waals surface area contributed by atoms with E-state index in [2.05, 4.69) is 4.74 Å². The van der Waals surface area contributed by atoms with E-state index in [1.807, 2.05) is 0 Å². The van der Waals surface area contributed by atoms with Gasteiger partial charge in [0.2, 0.25) is 0 Å². The Hall–Kier alpha value is -1.35. The number of aliphatic hydroxyl groups is 1. The number of hydrogen-bond acceptors (Lipinski definition) is 3. The van der Waals surface area contributed by atoms with Crippen LogP contribution < -0.4 is 0 Å². The second kappa shape index (κ2) is 3.88. The Bertz CT molecular complexity index is 295. The zero-order valence-electron chi connectivity index (χ0n) is 7.65. The number of carbonyl (C=O) groups is 1. The van der Waals surface area contributed by atoms with Crippen molar-refractivity contribution in [1.29, 1.82) is 0 Å². The van der Waals surface area contributed by atoms with Crippen LogP contribution in [0.1, 0.15) is 13.0 Å². The molecule has 64 valence electrons. The highest BCUT2D eigenvalue weighted by molar-refractivity contribution is 5.75. The summed E-state index contributed by atoms with van der Waals surface area (Å²) in [5, 5.41) is 9.45. The van der Waals surface area contributed by atoms with Crippen molar-refractivity contribution >= 4 is 5.97 Å². The van der Waals surface area contributed by atoms with Gasteiger partial charge in [-0.1, -0.05) is 30.3 Å². The van der Waals surface area contributed by atoms with Crippen LogP contribution in [0, 0.1) is 0 Å². The lowest BCUT2D eigenvalue weighted by Gasteiger charge is -2.07. The van der Waals surface area contributed by atoms with Crippen LogP contribution in [0.5, 0.6) is 0 Å². The second-order valence-electron chi connectivity index (χ2n) is 2.21. The molecular weight excluding hydrogens is 156 g/mol. The Morgan fingerprint density at radius 1 is 1.58 bits per heavy atom. The summed E-state index contributed by atoms with van der Waals surface area (Å²) in [7, 11) is 1.13. The average Bonchev–Trinajstić information content (AvgIpc) is 2.18. The van der Waals surface area contributed by atoms with E-state index in [0.29, 0.717) is 0 Å². The summed E-state index contributed by atoms with van der Waals surface area (Å²) in [6.45, 7) is 0. The lowest BCUT2D eigenvalue weighted by atomic mass is 10.1. The molecule has 3 heteroatoms. The summed E-state index contributed by atoms with van der Waals surface area (Å²) < 4.78 is 11.6. The molecule has 1 unspecified atom stereocenters. The molecule has 1 N–H and O–H groups in total. The summed E-state index contributed by atoms with van der Waals surface area (Å²) in [6.07, 6.45) is -2.31. The standard InChI is InChI=1S/C9H10O3/c1-12-9(11)8(10)7-5-3-2-4-6-7/h2-6,8,10H,1H3/i8D. The highest BCUT2D eigenvalue weighted by Gasteiger charge is 2.16. The van der Waals surface area contributed by atoms with Gasteiger partial charge in [0.05, 0.1) is 8.48 Å². The number of hydrogen-bond donors (Lipinski definition) is 1. The van der Waals surface area contributed by atoms with E-state index in [9.17, 15) is 9.90 Å². The molecule has 0 aliphatic heterocycles. The van der Waals surface area contributed by atoms with Crippen molar-refractivity contribution in [2.45, 2.75) is 6.08 Å². The first kappa shape index (κ1) is 7.31. The topological polar surface area (TPSA) is 46.5 Å². The summed E-state index contributed by atoms with van der Waals surface area (Å²) in [5.41, 5.74) is 0.196. The minimum atomic E-state index is -2.31. The fraction of sp³-hybridized carbons (Fsp3) is 0.222. The van der Waals surface area contributed by atoms with Crippen molar-refractivity contribution in [1.82, 2.24) is 0 Å². The van der Waals surface area contributed by atoms with E-state index < -0.39 is 12.0 Å². The van der Waals surface area contributed by atoms with Gasteiger partial charge in [-0.25, -0.2) is 4.79 Å². The molecule has 3 nitrogen and oxygen atoms in total. The molecule has 12 heavy (non-hydrogen) atoms. The monoisotopic (exact) mass is 167 g/mol. The van der Waals surface area contributed by atoms with Gasteiger partial charge in [0.25, 0.3) is 0 Å². The maximum Gasteiger partial charge on any atom is 0.339 e. The van der Waals surface area contributed by atoms with Crippen LogP contribution in [0.2, 0.25) is 0 Å². The molecule has 0 heterocycles. The van der Waals surface area contributed by atoms with Gasteiger partial charge in [0, 0.05) is 0 Å². The fourth-order valence-corrected chi connectivity index (χ4v) is 0.811. The van der Waals surface area contributed by atoms with Crippen molar-refractivity contribution in [3.8, 4) is 0 Å². The van der Waals surface area contributed by atoms with Crippen LogP contribution in [-0.2, 0) is 9.53 Å². The number of benzene rings is 1. The largest absolute Gasteiger partial charge is 0.467 e. The predicted octanol–water partition coefficient (Wildman–Crippen LogP) is 0.893. The average molecular weight is 167 g/mol.